The zero-order valence-corrected chi connectivity index (χ0v) is 12.7. The molecule has 0 aliphatic rings. The minimum absolute atomic E-state index is 0.0219. The topological polar surface area (TPSA) is 53.5 Å². The summed E-state index contributed by atoms with van der Waals surface area (Å²) in [6, 6.07) is 0. The number of nitrogens with zero attached hydrogens (tertiary/aromatic N) is 2. The lowest BCUT2D eigenvalue weighted by molar-refractivity contribution is 0.0152. The predicted octanol–water partition coefficient (Wildman–Crippen LogP) is 1.96. The molecule has 7 heteroatoms. The summed E-state index contributed by atoms with van der Waals surface area (Å²) in [7, 11) is 0. The van der Waals surface area contributed by atoms with Crippen molar-refractivity contribution in [1.82, 2.24) is 10.2 Å². The van der Waals surface area contributed by atoms with Crippen LogP contribution in [0.2, 0.25) is 0 Å². The zero-order valence-electron chi connectivity index (χ0n) is 11.9. The Morgan fingerprint density at radius 3 is 1.67 bits per heavy atom. The van der Waals surface area contributed by atoms with Gasteiger partial charge in [0.1, 0.15) is 5.51 Å². The summed E-state index contributed by atoms with van der Waals surface area (Å²) in [5.74, 6) is 0. The third-order valence-corrected chi connectivity index (χ3v) is 2.84. The van der Waals surface area contributed by atoms with Crippen molar-refractivity contribution in [3.8, 4) is 0 Å². The molecule has 0 aliphatic heterocycles. The normalized spacial score (nSPS) is 12.9. The van der Waals surface area contributed by atoms with E-state index in [1.165, 1.54) is 11.3 Å². The average molecular weight is 273 g/mol. The van der Waals surface area contributed by atoms with Crippen LogP contribution in [-0.2, 0) is 14.0 Å². The Labute approximate surface area is 113 Å². The first-order valence-corrected chi connectivity index (χ1v) is 7.17. The third kappa shape index (κ3) is 4.31. The molecule has 1 aromatic heterocycles. The van der Waals surface area contributed by atoms with Gasteiger partial charge < -0.3 is 14.0 Å². The van der Waals surface area contributed by atoms with Crippen molar-refractivity contribution >= 4 is 23.0 Å². The standard InChI is InChI=1S/C11H22BN2O3S/c1-8(2)15-12(16-9(3)4,17-10(5)6)11-14-13-7-18-11/h7-10H,1-6H3/q-1. The maximum atomic E-state index is 5.93. The van der Waals surface area contributed by atoms with E-state index in [2.05, 4.69) is 10.2 Å². The molecule has 0 unspecified atom stereocenters. The van der Waals surface area contributed by atoms with Gasteiger partial charge in [-0.1, -0.05) is 0 Å². The Morgan fingerprint density at radius 1 is 0.944 bits per heavy atom. The highest BCUT2D eigenvalue weighted by atomic mass is 32.1. The van der Waals surface area contributed by atoms with E-state index in [1.54, 1.807) is 5.51 Å². The molecule has 1 heterocycles. The minimum atomic E-state index is -2.03. The van der Waals surface area contributed by atoms with E-state index in [0.29, 0.717) is 4.91 Å². The van der Waals surface area contributed by atoms with Crippen molar-refractivity contribution < 1.29 is 14.0 Å². The van der Waals surface area contributed by atoms with Crippen LogP contribution in [0.15, 0.2) is 5.51 Å². The van der Waals surface area contributed by atoms with Crippen molar-refractivity contribution in [3.63, 3.8) is 0 Å². The fourth-order valence-electron chi connectivity index (χ4n) is 1.68. The van der Waals surface area contributed by atoms with Crippen molar-refractivity contribution in [3.05, 3.63) is 5.51 Å². The van der Waals surface area contributed by atoms with Crippen LogP contribution in [0, 0.1) is 0 Å². The molecule has 18 heavy (non-hydrogen) atoms. The molecule has 0 radical (unpaired) electrons. The van der Waals surface area contributed by atoms with E-state index in [1.807, 2.05) is 41.5 Å². The summed E-state index contributed by atoms with van der Waals surface area (Å²) in [5.41, 5.74) is 1.66. The predicted molar refractivity (Wildman–Crippen MR) is 74.0 cm³/mol. The van der Waals surface area contributed by atoms with Crippen LogP contribution in [0.1, 0.15) is 41.5 Å². The molecular formula is C11H22BN2O3S-. The second-order valence-corrected chi connectivity index (χ2v) is 5.84. The number of hydrogen-bond acceptors (Lipinski definition) is 6. The molecule has 0 saturated heterocycles. The molecule has 104 valence electrons. The molecule has 1 aromatic rings. The van der Waals surface area contributed by atoms with Crippen LogP contribution in [0.3, 0.4) is 0 Å². The van der Waals surface area contributed by atoms with E-state index < -0.39 is 6.75 Å². The van der Waals surface area contributed by atoms with Crippen LogP contribution in [0.5, 0.6) is 0 Å². The Balaban J connectivity index is 3.07. The van der Waals surface area contributed by atoms with Crippen molar-refractivity contribution in [2.75, 3.05) is 0 Å². The van der Waals surface area contributed by atoms with Crippen LogP contribution >= 0.6 is 11.3 Å². The molecule has 0 aliphatic carbocycles. The van der Waals surface area contributed by atoms with Gasteiger partial charge in [-0.3, -0.25) is 0 Å². The molecule has 0 atom stereocenters. The molecule has 5 nitrogen and oxygen atoms in total. The van der Waals surface area contributed by atoms with Crippen LogP contribution < -0.4 is 4.91 Å². The highest BCUT2D eigenvalue weighted by Gasteiger charge is 2.37. The van der Waals surface area contributed by atoms with Crippen LogP contribution in [0.4, 0.5) is 0 Å². The third-order valence-electron chi connectivity index (χ3n) is 2.03. The zero-order chi connectivity index (χ0) is 13.8. The maximum Gasteiger partial charge on any atom is 0.440 e. The van der Waals surface area contributed by atoms with Gasteiger partial charge in [-0.05, 0) is 41.5 Å². The van der Waals surface area contributed by atoms with Crippen molar-refractivity contribution in [1.29, 1.82) is 0 Å². The summed E-state index contributed by atoms with van der Waals surface area (Å²) < 4.78 is 17.8. The Morgan fingerprint density at radius 2 is 1.39 bits per heavy atom. The summed E-state index contributed by atoms with van der Waals surface area (Å²) in [6.07, 6.45) is -0.0656. The first-order chi connectivity index (χ1) is 8.35. The summed E-state index contributed by atoms with van der Waals surface area (Å²) in [5, 5.41) is 7.92. The van der Waals surface area contributed by atoms with Gasteiger partial charge in [0.2, 0.25) is 0 Å². The average Bonchev–Trinajstić information content (AvgIpc) is 2.65. The summed E-state index contributed by atoms with van der Waals surface area (Å²) in [6.45, 7) is 9.67. The Hall–Kier alpha value is -0.495. The van der Waals surface area contributed by atoms with Gasteiger partial charge in [0.25, 0.3) is 0 Å². The number of hydrogen-bond donors (Lipinski definition) is 0. The monoisotopic (exact) mass is 273 g/mol. The van der Waals surface area contributed by atoms with E-state index in [-0.39, 0.29) is 18.3 Å². The highest BCUT2D eigenvalue weighted by molar-refractivity contribution is 7.21. The van der Waals surface area contributed by atoms with Gasteiger partial charge in [0.15, 0.2) is 0 Å². The second kappa shape index (κ2) is 6.61. The Kier molecular flexibility index (Phi) is 5.71. The number of aromatic nitrogens is 2. The molecule has 0 N–H and O–H groups in total. The lowest BCUT2D eigenvalue weighted by Gasteiger charge is -2.44. The lowest BCUT2D eigenvalue weighted by Crippen LogP contribution is -2.60. The number of rotatable bonds is 7. The van der Waals surface area contributed by atoms with Gasteiger partial charge >= 0.3 is 6.75 Å². The molecule has 0 aromatic carbocycles. The highest BCUT2D eigenvalue weighted by Crippen LogP contribution is 2.18. The van der Waals surface area contributed by atoms with Crippen molar-refractivity contribution in [2.24, 2.45) is 0 Å². The summed E-state index contributed by atoms with van der Waals surface area (Å²) in [4.78, 5) is 0.645. The molecule has 0 spiro atoms. The molecule has 1 rings (SSSR count). The fraction of sp³-hybridized carbons (Fsp3) is 0.818. The molecule has 0 bridgehead atoms. The first kappa shape index (κ1) is 15.6. The van der Waals surface area contributed by atoms with Crippen LogP contribution in [-0.4, -0.2) is 35.3 Å². The maximum absolute atomic E-state index is 5.93. The molecule has 0 fully saturated rings. The smallest absolute Gasteiger partial charge is 0.440 e. The van der Waals surface area contributed by atoms with Gasteiger partial charge in [-0.2, -0.15) is 10.2 Å². The lowest BCUT2D eigenvalue weighted by atomic mass is 9.78. The van der Waals surface area contributed by atoms with E-state index in [9.17, 15) is 0 Å². The van der Waals surface area contributed by atoms with E-state index >= 15 is 0 Å². The quantitative estimate of drug-likeness (QED) is 0.711. The molecular weight excluding hydrogens is 251 g/mol. The SMILES string of the molecule is CC(C)O[B-](OC(C)C)(OC(C)C)c1nncs1. The largest absolute Gasteiger partial charge is 0.537 e. The van der Waals surface area contributed by atoms with Gasteiger partial charge in [-0.25, -0.2) is 0 Å². The minimum Gasteiger partial charge on any atom is -0.537 e. The second-order valence-electron chi connectivity index (χ2n) is 4.97. The van der Waals surface area contributed by atoms with Crippen molar-refractivity contribution in [2.45, 2.75) is 59.9 Å². The fourth-order valence-corrected chi connectivity index (χ4v) is 2.31. The van der Waals surface area contributed by atoms with Gasteiger partial charge in [0, 0.05) is 23.2 Å². The Bertz CT molecular complexity index is 318. The van der Waals surface area contributed by atoms with Crippen LogP contribution in [0.25, 0.3) is 0 Å². The van der Waals surface area contributed by atoms with Gasteiger partial charge in [0.05, 0.1) is 0 Å². The van der Waals surface area contributed by atoms with E-state index in [0.717, 1.165) is 0 Å². The van der Waals surface area contributed by atoms with E-state index in [4.69, 9.17) is 14.0 Å². The van der Waals surface area contributed by atoms with Gasteiger partial charge in [-0.15, -0.1) is 11.3 Å². The first-order valence-electron chi connectivity index (χ1n) is 6.29. The molecule has 0 amide bonds. The summed E-state index contributed by atoms with van der Waals surface area (Å²) >= 11 is 1.39. The molecule has 0 saturated carbocycles.